The third kappa shape index (κ3) is 6.09. The van der Waals surface area contributed by atoms with Crippen molar-refractivity contribution in [1.82, 2.24) is 10.3 Å². The van der Waals surface area contributed by atoms with Crippen LogP contribution in [0.3, 0.4) is 0 Å². The van der Waals surface area contributed by atoms with Crippen LogP contribution in [-0.4, -0.2) is 30.0 Å². The van der Waals surface area contributed by atoms with Crippen molar-refractivity contribution in [2.45, 2.75) is 40.7 Å². The van der Waals surface area contributed by atoms with Crippen molar-refractivity contribution < 1.29 is 13.9 Å². The number of allylic oxidation sites excluding steroid dienone is 1. The highest BCUT2D eigenvalue weighted by Gasteiger charge is 2.14. The fourth-order valence-electron chi connectivity index (χ4n) is 2.32. The lowest BCUT2D eigenvalue weighted by atomic mass is 10.1. The molecule has 0 aliphatic rings. The highest BCUT2D eigenvalue weighted by Crippen LogP contribution is 2.26. The van der Waals surface area contributed by atoms with E-state index in [1.807, 2.05) is 40.7 Å². The van der Waals surface area contributed by atoms with Gasteiger partial charge in [-0.05, 0) is 32.4 Å². The zero-order chi connectivity index (χ0) is 20.4. The fourth-order valence-corrected chi connectivity index (χ4v) is 2.32. The molecular formula is C21H28FN3O2. The molecule has 1 aromatic carbocycles. The lowest BCUT2D eigenvalue weighted by Crippen LogP contribution is -2.30. The SMILES string of the molecule is C=C(/C=N\c1[nH]cc(C(=O)NC(C)C)c1C)c1ccccc1OCF.CC. The molecule has 2 N–H and O–H groups in total. The third-order valence-corrected chi connectivity index (χ3v) is 3.57. The van der Waals surface area contributed by atoms with Gasteiger partial charge in [0.15, 0.2) is 0 Å². The van der Waals surface area contributed by atoms with Gasteiger partial charge in [0.2, 0.25) is 6.86 Å². The molecule has 0 fully saturated rings. The van der Waals surface area contributed by atoms with Gasteiger partial charge < -0.3 is 15.0 Å². The van der Waals surface area contributed by atoms with Crippen molar-refractivity contribution in [1.29, 1.82) is 0 Å². The van der Waals surface area contributed by atoms with Crippen LogP contribution in [0.1, 0.15) is 49.2 Å². The average molecular weight is 373 g/mol. The molecule has 0 bridgehead atoms. The number of nitrogens with zero attached hydrogens (tertiary/aromatic N) is 1. The predicted octanol–water partition coefficient (Wildman–Crippen LogP) is 5.21. The molecule has 27 heavy (non-hydrogen) atoms. The first-order chi connectivity index (χ1) is 12.9. The second-order valence-electron chi connectivity index (χ2n) is 5.84. The monoisotopic (exact) mass is 373 g/mol. The van der Waals surface area contributed by atoms with Gasteiger partial charge in [-0.3, -0.25) is 4.79 Å². The van der Waals surface area contributed by atoms with Crippen LogP contribution >= 0.6 is 0 Å². The Morgan fingerprint density at radius 2 is 2.00 bits per heavy atom. The molecule has 0 radical (unpaired) electrons. The number of hydrogen-bond donors (Lipinski definition) is 2. The number of halogens is 1. The van der Waals surface area contributed by atoms with Gasteiger partial charge in [-0.15, -0.1) is 0 Å². The maximum Gasteiger partial charge on any atom is 0.253 e. The van der Waals surface area contributed by atoms with Gasteiger partial charge >= 0.3 is 0 Å². The van der Waals surface area contributed by atoms with E-state index in [4.69, 9.17) is 4.74 Å². The van der Waals surface area contributed by atoms with Crippen LogP contribution in [0, 0.1) is 6.92 Å². The van der Waals surface area contributed by atoms with E-state index in [9.17, 15) is 9.18 Å². The van der Waals surface area contributed by atoms with Gasteiger partial charge in [-0.25, -0.2) is 9.38 Å². The molecule has 0 saturated heterocycles. The van der Waals surface area contributed by atoms with Gasteiger partial charge in [0, 0.05) is 29.6 Å². The summed E-state index contributed by atoms with van der Waals surface area (Å²) in [7, 11) is 0. The molecule has 5 nitrogen and oxygen atoms in total. The minimum absolute atomic E-state index is 0.0561. The molecule has 2 rings (SSSR count). The van der Waals surface area contributed by atoms with Crippen molar-refractivity contribution in [3.05, 3.63) is 53.7 Å². The fraction of sp³-hybridized carbons (Fsp3) is 0.333. The minimum Gasteiger partial charge on any atom is -0.462 e. The first kappa shape index (κ1) is 22.2. The molecular weight excluding hydrogens is 345 g/mol. The number of benzene rings is 1. The van der Waals surface area contributed by atoms with Crippen LogP contribution in [0.5, 0.6) is 5.75 Å². The van der Waals surface area contributed by atoms with Gasteiger partial charge in [0.05, 0.1) is 5.56 Å². The van der Waals surface area contributed by atoms with Crippen LogP contribution < -0.4 is 10.1 Å². The topological polar surface area (TPSA) is 66.5 Å². The Balaban J connectivity index is 0.00000176. The van der Waals surface area contributed by atoms with Crippen molar-refractivity contribution in [2.24, 2.45) is 4.99 Å². The number of carbonyl (C=O) groups is 1. The normalized spacial score (nSPS) is 10.5. The number of H-pyrrole nitrogens is 1. The largest absolute Gasteiger partial charge is 0.462 e. The number of ether oxygens (including phenoxy) is 1. The second-order valence-corrected chi connectivity index (χ2v) is 5.84. The van der Waals surface area contributed by atoms with E-state index in [1.54, 1.807) is 30.6 Å². The molecule has 0 unspecified atom stereocenters. The van der Waals surface area contributed by atoms with Crippen LogP contribution in [0.2, 0.25) is 0 Å². The maximum atomic E-state index is 12.5. The van der Waals surface area contributed by atoms with Gasteiger partial charge in [0.25, 0.3) is 5.91 Å². The Morgan fingerprint density at radius 3 is 2.63 bits per heavy atom. The number of amides is 1. The van der Waals surface area contributed by atoms with Crippen molar-refractivity contribution in [2.75, 3.05) is 6.86 Å². The van der Waals surface area contributed by atoms with Gasteiger partial charge in [-0.2, -0.15) is 0 Å². The van der Waals surface area contributed by atoms with E-state index < -0.39 is 6.86 Å². The summed E-state index contributed by atoms with van der Waals surface area (Å²) in [6.45, 7) is 12.7. The molecule has 0 spiro atoms. The molecule has 0 aliphatic carbocycles. The predicted molar refractivity (Wildman–Crippen MR) is 110 cm³/mol. The van der Waals surface area contributed by atoms with Crippen LogP contribution in [0.15, 0.2) is 42.0 Å². The molecule has 1 amide bonds. The van der Waals surface area contributed by atoms with Crippen LogP contribution in [-0.2, 0) is 0 Å². The van der Waals surface area contributed by atoms with E-state index in [2.05, 4.69) is 21.9 Å². The highest BCUT2D eigenvalue weighted by molar-refractivity contribution is 6.10. The number of hydrogen-bond acceptors (Lipinski definition) is 3. The average Bonchev–Trinajstić information content (AvgIpc) is 3.02. The van der Waals surface area contributed by atoms with Crippen LogP contribution in [0.4, 0.5) is 10.2 Å². The van der Waals surface area contributed by atoms with E-state index in [0.29, 0.717) is 28.3 Å². The zero-order valence-electron chi connectivity index (χ0n) is 16.6. The van der Waals surface area contributed by atoms with Gasteiger partial charge in [-0.1, -0.05) is 38.6 Å². The summed E-state index contributed by atoms with van der Waals surface area (Å²) in [4.78, 5) is 19.5. The number of carbonyl (C=O) groups excluding carboxylic acids is 1. The van der Waals surface area contributed by atoms with E-state index in [1.165, 1.54) is 0 Å². The van der Waals surface area contributed by atoms with E-state index >= 15 is 0 Å². The Labute approximate surface area is 160 Å². The molecule has 0 aliphatic heterocycles. The number of rotatable bonds is 7. The Kier molecular flexibility index (Phi) is 8.99. The molecule has 2 aromatic rings. The molecule has 146 valence electrons. The molecule has 0 atom stereocenters. The second kappa shape index (κ2) is 11.0. The number of alkyl halides is 1. The van der Waals surface area contributed by atoms with E-state index in [0.717, 1.165) is 5.56 Å². The summed E-state index contributed by atoms with van der Waals surface area (Å²) in [6, 6.07) is 7.08. The summed E-state index contributed by atoms with van der Waals surface area (Å²) in [6.07, 6.45) is 3.19. The minimum atomic E-state index is -0.911. The number of aliphatic imine (C=N–C) groups is 1. The van der Waals surface area contributed by atoms with Crippen molar-refractivity contribution in [3.63, 3.8) is 0 Å². The highest BCUT2D eigenvalue weighted by atomic mass is 19.1. The van der Waals surface area contributed by atoms with Crippen molar-refractivity contribution >= 4 is 23.5 Å². The molecule has 1 aromatic heterocycles. The van der Waals surface area contributed by atoms with Crippen LogP contribution in [0.25, 0.3) is 5.57 Å². The number of aromatic nitrogens is 1. The summed E-state index contributed by atoms with van der Waals surface area (Å²) >= 11 is 0. The Hall–Kier alpha value is -2.89. The lowest BCUT2D eigenvalue weighted by Gasteiger charge is -2.08. The number of aromatic amines is 1. The smallest absolute Gasteiger partial charge is 0.253 e. The van der Waals surface area contributed by atoms with Gasteiger partial charge in [0.1, 0.15) is 11.6 Å². The Bertz CT molecular complexity index is 794. The lowest BCUT2D eigenvalue weighted by molar-refractivity contribution is 0.0942. The maximum absolute atomic E-state index is 12.5. The molecule has 1 heterocycles. The zero-order valence-corrected chi connectivity index (χ0v) is 16.6. The number of para-hydroxylation sites is 1. The number of nitrogens with one attached hydrogen (secondary N) is 2. The summed E-state index contributed by atoms with van der Waals surface area (Å²) < 4.78 is 17.4. The third-order valence-electron chi connectivity index (χ3n) is 3.57. The summed E-state index contributed by atoms with van der Waals surface area (Å²) in [5.41, 5.74) is 2.53. The van der Waals surface area contributed by atoms with Crippen molar-refractivity contribution in [3.8, 4) is 5.75 Å². The van der Waals surface area contributed by atoms with E-state index in [-0.39, 0.29) is 11.9 Å². The molecule has 6 heteroatoms. The quantitative estimate of drug-likeness (QED) is 0.654. The first-order valence-electron chi connectivity index (χ1n) is 8.94. The summed E-state index contributed by atoms with van der Waals surface area (Å²) in [5.74, 6) is 0.825. The standard InChI is InChI=1S/C19H22FN3O2.C2H6/c1-12(2)23-19(24)16-10-22-18(14(16)4)21-9-13(3)15-7-5-6-8-17(15)25-11-20;1-2/h5-10,12,22H,3,11H2,1-2,4H3,(H,23,24);1-2H3/b21-9-;. The summed E-state index contributed by atoms with van der Waals surface area (Å²) in [5, 5.41) is 2.85. The first-order valence-corrected chi connectivity index (χ1v) is 8.94. The Morgan fingerprint density at radius 1 is 1.33 bits per heavy atom. The molecule has 0 saturated carbocycles.